The van der Waals surface area contributed by atoms with E-state index in [1.807, 2.05) is 5.38 Å². The number of aryl methyl sites for hydroxylation is 1. The first kappa shape index (κ1) is 22.6. The van der Waals surface area contributed by atoms with Crippen LogP contribution in [-0.2, 0) is 4.79 Å². The number of hydrogen-bond donors (Lipinski definition) is 0. The van der Waals surface area contributed by atoms with Crippen LogP contribution >= 0.6 is 57.7 Å². The van der Waals surface area contributed by atoms with Gasteiger partial charge in [0.05, 0.1) is 36.9 Å². The minimum atomic E-state index is -1.18. The molecule has 3 heterocycles. The van der Waals surface area contributed by atoms with Crippen LogP contribution in [0.2, 0.25) is 20.1 Å². The highest BCUT2D eigenvalue weighted by atomic mass is 35.5. The van der Waals surface area contributed by atoms with E-state index in [0.29, 0.717) is 16.1 Å². The molecule has 2 aromatic carbocycles. The molecule has 11 heteroatoms. The summed E-state index contributed by atoms with van der Waals surface area (Å²) in [6, 6.07) is 5.77. The van der Waals surface area contributed by atoms with Gasteiger partial charge in [0.25, 0.3) is 17.7 Å². The van der Waals surface area contributed by atoms with Crippen molar-refractivity contribution in [2.75, 3.05) is 4.90 Å². The first-order valence-corrected chi connectivity index (χ1v) is 11.9. The molecule has 0 saturated carbocycles. The summed E-state index contributed by atoms with van der Waals surface area (Å²) in [4.78, 5) is 43.0. The van der Waals surface area contributed by atoms with E-state index in [1.165, 1.54) is 28.4 Å². The van der Waals surface area contributed by atoms with Crippen LogP contribution in [0.15, 0.2) is 35.7 Å². The van der Waals surface area contributed by atoms with Crippen molar-refractivity contribution in [3.05, 3.63) is 83.2 Å². The number of benzene rings is 2. The largest absolute Gasteiger partial charge is 0.299 e. The number of imide groups is 1. The number of amides is 3. The van der Waals surface area contributed by atoms with E-state index in [1.54, 1.807) is 25.1 Å². The number of anilines is 1. The molecular formula is C22H11Cl4FN2O3S. The zero-order chi connectivity index (χ0) is 23.8. The number of fused-ring (bicyclic) bond motifs is 1. The van der Waals surface area contributed by atoms with E-state index in [9.17, 15) is 18.8 Å². The van der Waals surface area contributed by atoms with Crippen LogP contribution in [0, 0.1) is 12.7 Å². The number of rotatable bonds is 3. The van der Waals surface area contributed by atoms with Gasteiger partial charge in [-0.3, -0.25) is 24.2 Å². The van der Waals surface area contributed by atoms with Crippen molar-refractivity contribution >= 4 is 81.1 Å². The standard InChI is InChI=1S/C22H11Cl4FN2O3S/c1-8-4-5-9(27)7-10(8)28-18(11-3-2-6-33-11)19(22(28)32)29-20(30)12-13(21(29)31)15(24)17(26)16(25)14(12)23/h2-7,18-19H,1H3/t18-,19+/m0/s1. The fraction of sp³-hybridized carbons (Fsp3) is 0.136. The van der Waals surface area contributed by atoms with E-state index in [0.717, 1.165) is 4.90 Å². The number of hydrogen-bond acceptors (Lipinski definition) is 4. The molecular weight excluding hydrogens is 533 g/mol. The number of halogens is 5. The van der Waals surface area contributed by atoms with Gasteiger partial charge in [-0.05, 0) is 36.1 Å². The van der Waals surface area contributed by atoms with Gasteiger partial charge in [-0.1, -0.05) is 58.5 Å². The maximum Gasteiger partial charge on any atom is 0.264 e. The van der Waals surface area contributed by atoms with E-state index in [-0.39, 0.29) is 31.2 Å². The molecule has 2 atom stereocenters. The van der Waals surface area contributed by atoms with Crippen LogP contribution < -0.4 is 4.90 Å². The smallest absolute Gasteiger partial charge is 0.264 e. The molecule has 1 saturated heterocycles. The van der Waals surface area contributed by atoms with Crippen molar-refractivity contribution in [1.29, 1.82) is 0 Å². The number of nitrogens with zero attached hydrogens (tertiary/aromatic N) is 2. The summed E-state index contributed by atoms with van der Waals surface area (Å²) >= 11 is 26.0. The average Bonchev–Trinajstić information content (AvgIpc) is 3.39. The molecule has 1 fully saturated rings. The predicted molar refractivity (Wildman–Crippen MR) is 126 cm³/mol. The topological polar surface area (TPSA) is 57.7 Å². The fourth-order valence-electron chi connectivity index (χ4n) is 4.20. The number of carbonyl (C=O) groups is 3. The van der Waals surface area contributed by atoms with Crippen molar-refractivity contribution < 1.29 is 18.8 Å². The Morgan fingerprint density at radius 2 is 1.45 bits per heavy atom. The normalized spacial score (nSPS) is 19.9. The van der Waals surface area contributed by atoms with Crippen LogP contribution in [0.5, 0.6) is 0 Å². The second kappa shape index (κ2) is 7.96. The van der Waals surface area contributed by atoms with Crippen LogP contribution in [0.25, 0.3) is 0 Å². The molecule has 168 valence electrons. The molecule has 5 rings (SSSR count). The third-order valence-corrected chi connectivity index (χ3v) is 8.49. The third kappa shape index (κ3) is 3.14. The molecule has 2 aliphatic heterocycles. The highest BCUT2D eigenvalue weighted by Gasteiger charge is 2.59. The summed E-state index contributed by atoms with van der Waals surface area (Å²) in [5.74, 6) is -2.65. The lowest BCUT2D eigenvalue weighted by Gasteiger charge is -2.49. The average molecular weight is 544 g/mol. The van der Waals surface area contributed by atoms with E-state index in [4.69, 9.17) is 46.4 Å². The first-order chi connectivity index (χ1) is 15.6. The van der Waals surface area contributed by atoms with Gasteiger partial charge >= 0.3 is 0 Å². The van der Waals surface area contributed by atoms with Gasteiger partial charge < -0.3 is 0 Å². The molecule has 0 spiro atoms. The number of carbonyl (C=O) groups excluding carboxylic acids is 3. The zero-order valence-electron chi connectivity index (χ0n) is 16.5. The Balaban J connectivity index is 1.64. The van der Waals surface area contributed by atoms with Gasteiger partial charge in [0.1, 0.15) is 17.9 Å². The second-order valence-electron chi connectivity index (χ2n) is 7.53. The molecule has 5 nitrogen and oxygen atoms in total. The Kier molecular flexibility index (Phi) is 5.46. The van der Waals surface area contributed by atoms with E-state index in [2.05, 4.69) is 0 Å². The molecule has 0 unspecified atom stereocenters. The van der Waals surface area contributed by atoms with E-state index < -0.39 is 35.6 Å². The maximum atomic E-state index is 14.0. The summed E-state index contributed by atoms with van der Waals surface area (Å²) in [7, 11) is 0. The van der Waals surface area contributed by atoms with Crippen molar-refractivity contribution in [2.24, 2.45) is 0 Å². The molecule has 0 aliphatic carbocycles. The second-order valence-corrected chi connectivity index (χ2v) is 10.0. The monoisotopic (exact) mass is 542 g/mol. The maximum absolute atomic E-state index is 14.0. The molecule has 33 heavy (non-hydrogen) atoms. The Morgan fingerprint density at radius 1 is 0.848 bits per heavy atom. The van der Waals surface area contributed by atoms with Crippen LogP contribution in [0.3, 0.4) is 0 Å². The first-order valence-electron chi connectivity index (χ1n) is 9.51. The quantitative estimate of drug-likeness (QED) is 0.163. The van der Waals surface area contributed by atoms with Gasteiger partial charge in [0, 0.05) is 4.88 Å². The van der Waals surface area contributed by atoms with Crippen molar-refractivity contribution in [3.8, 4) is 0 Å². The summed E-state index contributed by atoms with van der Waals surface area (Å²) in [6.07, 6.45) is 0. The molecule has 0 N–H and O–H groups in total. The summed E-state index contributed by atoms with van der Waals surface area (Å²) < 4.78 is 14.0. The SMILES string of the molecule is Cc1ccc(F)cc1N1C(=O)[C@H](N2C(=O)c3c(Cl)c(Cl)c(Cl)c(Cl)c3C2=O)[C@@H]1c1cccs1. The van der Waals surface area contributed by atoms with Crippen LogP contribution in [0.4, 0.5) is 10.1 Å². The highest BCUT2D eigenvalue weighted by molar-refractivity contribution is 7.10. The fourth-order valence-corrected chi connectivity index (χ4v) is 6.06. The molecule has 3 aromatic rings. The number of thiophene rings is 1. The summed E-state index contributed by atoms with van der Waals surface area (Å²) in [5, 5.41) is 1.08. The van der Waals surface area contributed by atoms with Gasteiger partial charge in [0.2, 0.25) is 0 Å². The lowest BCUT2D eigenvalue weighted by atomic mass is 9.90. The molecule has 3 amide bonds. The van der Waals surface area contributed by atoms with Crippen LogP contribution in [-0.4, -0.2) is 28.7 Å². The van der Waals surface area contributed by atoms with Crippen molar-refractivity contribution in [1.82, 2.24) is 4.90 Å². The Hall–Kier alpha value is -2.16. The highest BCUT2D eigenvalue weighted by Crippen LogP contribution is 2.50. The Labute approximate surface area is 211 Å². The van der Waals surface area contributed by atoms with Gasteiger partial charge in [-0.25, -0.2) is 4.39 Å². The van der Waals surface area contributed by atoms with Crippen molar-refractivity contribution in [3.63, 3.8) is 0 Å². The third-order valence-electron chi connectivity index (χ3n) is 5.74. The molecule has 0 bridgehead atoms. The van der Waals surface area contributed by atoms with Gasteiger partial charge in [-0.2, -0.15) is 0 Å². The molecule has 0 radical (unpaired) electrons. The minimum absolute atomic E-state index is 0.156. The molecule has 2 aliphatic rings. The lowest BCUT2D eigenvalue weighted by molar-refractivity contribution is -0.130. The number of β-lactam (4-membered cyclic amide) rings is 1. The van der Waals surface area contributed by atoms with Crippen molar-refractivity contribution in [2.45, 2.75) is 19.0 Å². The van der Waals surface area contributed by atoms with Gasteiger partial charge in [-0.15, -0.1) is 11.3 Å². The summed E-state index contributed by atoms with van der Waals surface area (Å²) in [5.41, 5.74) is 0.628. The molecule has 1 aromatic heterocycles. The summed E-state index contributed by atoms with van der Waals surface area (Å²) in [6.45, 7) is 1.74. The zero-order valence-corrected chi connectivity index (χ0v) is 20.4. The predicted octanol–water partition coefficient (Wildman–Crippen LogP) is 6.56. The van der Waals surface area contributed by atoms with Gasteiger partial charge in [0.15, 0.2) is 0 Å². The minimum Gasteiger partial charge on any atom is -0.299 e. The van der Waals surface area contributed by atoms with Crippen LogP contribution in [0.1, 0.15) is 37.2 Å². The lowest BCUT2D eigenvalue weighted by Crippen LogP contribution is -2.67. The Morgan fingerprint density at radius 3 is 2.00 bits per heavy atom. The van der Waals surface area contributed by atoms with E-state index >= 15 is 0 Å². The Bertz CT molecular complexity index is 1330.